The molecule has 0 aliphatic carbocycles. The third kappa shape index (κ3) is 7.16. The highest BCUT2D eigenvalue weighted by Gasteiger charge is 2.28. The number of aromatic nitrogens is 2. The van der Waals surface area contributed by atoms with Crippen LogP contribution in [0.15, 0.2) is 4.52 Å². The smallest absolute Gasteiger partial charge is 0.328 e. The van der Waals surface area contributed by atoms with Crippen molar-refractivity contribution in [1.29, 1.82) is 0 Å². The Bertz CT molecular complexity index is 721. The normalized spacial score (nSPS) is 15.1. The number of carboxylic acids is 1. The van der Waals surface area contributed by atoms with E-state index in [1.54, 1.807) is 0 Å². The number of amides is 4. The molecule has 0 aromatic carbocycles. The Hall–Kier alpha value is -3.26. The highest BCUT2D eigenvalue weighted by Crippen LogP contribution is 2.19. The third-order valence-electron chi connectivity index (χ3n) is 3.53. The van der Waals surface area contributed by atoms with E-state index < -0.39 is 48.0 Å². The average Bonchev–Trinajstić information content (AvgIpc) is 3.05. The molecular formula is C14H23N7O7. The minimum absolute atomic E-state index is 0.0398. The van der Waals surface area contributed by atoms with Crippen molar-refractivity contribution >= 4 is 23.8 Å². The van der Waals surface area contributed by atoms with Crippen LogP contribution in [0.3, 0.4) is 0 Å². The molecule has 28 heavy (non-hydrogen) atoms. The summed E-state index contributed by atoms with van der Waals surface area (Å²) in [7, 11) is 0. The SMILES string of the molecule is CC(O)[C@H](NC(=O)NC(CCC(N)=O)c1nc([C@@H](N)CC(N)=O)no1)C(=O)O. The van der Waals surface area contributed by atoms with Crippen LogP contribution in [0.5, 0.6) is 0 Å². The van der Waals surface area contributed by atoms with Crippen molar-refractivity contribution in [3.05, 3.63) is 11.7 Å². The van der Waals surface area contributed by atoms with Gasteiger partial charge in [-0.05, 0) is 13.3 Å². The molecule has 1 aromatic heterocycles. The van der Waals surface area contributed by atoms with Crippen LogP contribution in [0.25, 0.3) is 0 Å². The van der Waals surface area contributed by atoms with Gasteiger partial charge in [0.1, 0.15) is 6.04 Å². The van der Waals surface area contributed by atoms with Crippen molar-refractivity contribution < 1.29 is 33.9 Å². The van der Waals surface area contributed by atoms with Gasteiger partial charge in [0.25, 0.3) is 0 Å². The second kappa shape index (κ2) is 10.2. The molecule has 0 aliphatic rings. The molecule has 1 heterocycles. The number of nitrogens with two attached hydrogens (primary N) is 3. The van der Waals surface area contributed by atoms with Crippen LogP contribution in [0, 0.1) is 0 Å². The monoisotopic (exact) mass is 401 g/mol. The molecule has 10 N–H and O–H groups in total. The van der Waals surface area contributed by atoms with Gasteiger partial charge in [-0.15, -0.1) is 0 Å². The largest absolute Gasteiger partial charge is 0.480 e. The number of primary amides is 2. The molecule has 156 valence electrons. The van der Waals surface area contributed by atoms with E-state index in [0.29, 0.717) is 0 Å². The van der Waals surface area contributed by atoms with Crippen molar-refractivity contribution in [2.45, 2.75) is 50.4 Å². The number of carbonyl (C=O) groups is 4. The number of aliphatic hydroxyl groups excluding tert-OH is 1. The van der Waals surface area contributed by atoms with Crippen LogP contribution < -0.4 is 27.8 Å². The molecule has 1 aromatic rings. The Morgan fingerprint density at radius 1 is 1.18 bits per heavy atom. The van der Waals surface area contributed by atoms with E-state index in [4.69, 9.17) is 26.8 Å². The molecule has 0 spiro atoms. The van der Waals surface area contributed by atoms with Crippen LogP contribution in [0.2, 0.25) is 0 Å². The molecule has 4 amide bonds. The number of aliphatic carboxylic acids is 1. The average molecular weight is 401 g/mol. The first-order valence-electron chi connectivity index (χ1n) is 8.14. The van der Waals surface area contributed by atoms with E-state index in [2.05, 4.69) is 20.8 Å². The zero-order valence-corrected chi connectivity index (χ0v) is 15.0. The first-order valence-corrected chi connectivity index (χ1v) is 8.14. The van der Waals surface area contributed by atoms with Crippen LogP contribution >= 0.6 is 0 Å². The fraction of sp³-hybridized carbons (Fsp3) is 0.571. The predicted octanol–water partition coefficient (Wildman–Crippen LogP) is -2.62. The van der Waals surface area contributed by atoms with Crippen LogP contribution in [-0.4, -0.2) is 56.3 Å². The van der Waals surface area contributed by atoms with Gasteiger partial charge in [0.15, 0.2) is 11.9 Å². The number of hydrogen-bond acceptors (Lipinski definition) is 9. The topological polar surface area (TPSA) is 250 Å². The maximum absolute atomic E-state index is 12.1. The number of carbonyl (C=O) groups excluding carboxylic acids is 3. The van der Waals surface area contributed by atoms with E-state index in [0.717, 1.165) is 0 Å². The molecule has 4 atom stereocenters. The third-order valence-corrected chi connectivity index (χ3v) is 3.53. The lowest BCUT2D eigenvalue weighted by Gasteiger charge is -2.20. The second-order valence-electron chi connectivity index (χ2n) is 6.00. The Morgan fingerprint density at radius 3 is 2.32 bits per heavy atom. The van der Waals surface area contributed by atoms with Crippen molar-refractivity contribution in [2.24, 2.45) is 17.2 Å². The van der Waals surface area contributed by atoms with Gasteiger partial charge in [0, 0.05) is 12.8 Å². The molecular weight excluding hydrogens is 378 g/mol. The van der Waals surface area contributed by atoms with Gasteiger partial charge in [-0.25, -0.2) is 9.59 Å². The van der Waals surface area contributed by atoms with E-state index in [-0.39, 0.29) is 31.0 Å². The Kier molecular flexibility index (Phi) is 8.28. The van der Waals surface area contributed by atoms with Gasteiger partial charge >= 0.3 is 12.0 Å². The van der Waals surface area contributed by atoms with Crippen LogP contribution in [0.4, 0.5) is 4.79 Å². The Labute approximate surface area is 158 Å². The number of rotatable bonds is 11. The lowest BCUT2D eigenvalue weighted by Crippen LogP contribution is -2.51. The van der Waals surface area contributed by atoms with E-state index in [9.17, 15) is 24.3 Å². The number of hydrogen-bond donors (Lipinski definition) is 7. The van der Waals surface area contributed by atoms with E-state index in [1.807, 2.05) is 0 Å². The maximum Gasteiger partial charge on any atom is 0.328 e. The fourth-order valence-electron chi connectivity index (χ4n) is 2.12. The first kappa shape index (κ1) is 22.8. The second-order valence-corrected chi connectivity index (χ2v) is 6.00. The van der Waals surface area contributed by atoms with Gasteiger partial charge < -0.3 is 42.6 Å². The van der Waals surface area contributed by atoms with Gasteiger partial charge in [-0.2, -0.15) is 4.98 Å². The highest BCUT2D eigenvalue weighted by molar-refractivity contribution is 5.83. The summed E-state index contributed by atoms with van der Waals surface area (Å²) in [5.74, 6) is -2.98. The summed E-state index contributed by atoms with van der Waals surface area (Å²) in [6.07, 6.45) is -1.81. The number of nitrogens with one attached hydrogen (secondary N) is 2. The lowest BCUT2D eigenvalue weighted by atomic mass is 10.1. The molecule has 1 rings (SSSR count). The van der Waals surface area contributed by atoms with Crippen molar-refractivity contribution in [3.63, 3.8) is 0 Å². The predicted molar refractivity (Wildman–Crippen MR) is 91.0 cm³/mol. The van der Waals surface area contributed by atoms with Crippen molar-refractivity contribution in [3.8, 4) is 0 Å². The summed E-state index contributed by atoms with van der Waals surface area (Å²) in [5.41, 5.74) is 15.9. The molecule has 14 nitrogen and oxygen atoms in total. The standard InChI is InChI=1S/C14H23N7O7/c1-5(22)10(13(25)26)19-14(27)18-7(2-3-8(16)23)12-20-11(21-28-12)6(15)4-9(17)24/h5-7,10,22H,2-4,15H2,1H3,(H2,16,23)(H2,17,24)(H,25,26)(H2,18,19,27)/t5?,6-,7?,10-/m0/s1. The van der Waals surface area contributed by atoms with Crippen molar-refractivity contribution in [2.75, 3.05) is 0 Å². The lowest BCUT2D eigenvalue weighted by molar-refractivity contribution is -0.141. The van der Waals surface area contributed by atoms with Gasteiger partial charge in [-0.3, -0.25) is 9.59 Å². The van der Waals surface area contributed by atoms with Crippen molar-refractivity contribution in [1.82, 2.24) is 20.8 Å². The highest BCUT2D eigenvalue weighted by atomic mass is 16.5. The Balaban J connectivity index is 2.92. The molecule has 0 radical (unpaired) electrons. The summed E-state index contributed by atoms with van der Waals surface area (Å²) in [6.45, 7) is 1.19. The summed E-state index contributed by atoms with van der Waals surface area (Å²) < 4.78 is 5.01. The quantitative estimate of drug-likeness (QED) is 0.203. The summed E-state index contributed by atoms with van der Waals surface area (Å²) in [6, 6.07) is -4.49. The number of urea groups is 1. The first-order chi connectivity index (χ1) is 13.0. The summed E-state index contributed by atoms with van der Waals surface area (Å²) in [5, 5.41) is 26.4. The Morgan fingerprint density at radius 2 is 1.82 bits per heavy atom. The number of carboxylic acid groups (broad SMARTS) is 1. The van der Waals surface area contributed by atoms with Gasteiger partial charge in [0.2, 0.25) is 17.7 Å². The fourth-order valence-corrected chi connectivity index (χ4v) is 2.12. The van der Waals surface area contributed by atoms with Crippen LogP contribution in [-0.2, 0) is 14.4 Å². The van der Waals surface area contributed by atoms with Gasteiger partial charge in [0.05, 0.1) is 12.1 Å². The summed E-state index contributed by atoms with van der Waals surface area (Å²) >= 11 is 0. The minimum Gasteiger partial charge on any atom is -0.480 e. The molecule has 0 saturated heterocycles. The summed E-state index contributed by atoms with van der Waals surface area (Å²) in [4.78, 5) is 49.1. The zero-order chi connectivity index (χ0) is 21.4. The van der Waals surface area contributed by atoms with E-state index in [1.165, 1.54) is 6.92 Å². The maximum atomic E-state index is 12.1. The van der Waals surface area contributed by atoms with E-state index >= 15 is 0 Å². The zero-order valence-electron chi connectivity index (χ0n) is 15.0. The molecule has 0 bridgehead atoms. The molecule has 0 aliphatic heterocycles. The molecule has 2 unspecified atom stereocenters. The van der Waals surface area contributed by atoms with Gasteiger partial charge in [-0.1, -0.05) is 5.16 Å². The van der Waals surface area contributed by atoms with Crippen LogP contribution in [0.1, 0.15) is 50.0 Å². The minimum atomic E-state index is -1.57. The molecule has 14 heteroatoms. The number of nitrogens with zero attached hydrogens (tertiary/aromatic N) is 2. The number of aliphatic hydroxyl groups is 1. The molecule has 0 saturated carbocycles. The molecule has 0 fully saturated rings.